The molecule has 0 aliphatic rings. The van der Waals surface area contributed by atoms with E-state index in [4.69, 9.17) is 0 Å². The molecule has 4 aromatic rings. The van der Waals surface area contributed by atoms with Gasteiger partial charge in [-0.15, -0.1) is 5.10 Å². The molecule has 0 radical (unpaired) electrons. The quantitative estimate of drug-likeness (QED) is 0.630. The van der Waals surface area contributed by atoms with Gasteiger partial charge in [0.2, 0.25) is 0 Å². The topological polar surface area (TPSA) is 72.2 Å². The van der Waals surface area contributed by atoms with Crippen molar-refractivity contribution in [2.75, 3.05) is 0 Å². The molecule has 4 rings (SSSR count). The van der Waals surface area contributed by atoms with Crippen LogP contribution in [-0.4, -0.2) is 25.5 Å². The Hall–Kier alpha value is -3.28. The average molecular weight is 303 g/mol. The Morgan fingerprint density at radius 2 is 1.83 bits per heavy atom. The van der Waals surface area contributed by atoms with Gasteiger partial charge < -0.3 is 5.32 Å². The lowest BCUT2D eigenvalue weighted by molar-refractivity contribution is 0.0950. The fourth-order valence-electron chi connectivity index (χ4n) is 2.45. The van der Waals surface area contributed by atoms with Gasteiger partial charge in [-0.05, 0) is 24.3 Å². The zero-order valence-electron chi connectivity index (χ0n) is 12.2. The first-order valence-corrected chi connectivity index (χ1v) is 7.23. The Morgan fingerprint density at radius 1 is 1.04 bits per heavy atom. The van der Waals surface area contributed by atoms with Gasteiger partial charge in [-0.3, -0.25) is 4.79 Å². The lowest BCUT2D eigenvalue weighted by Gasteiger charge is -2.01. The van der Waals surface area contributed by atoms with Crippen LogP contribution in [0, 0.1) is 0 Å². The number of amides is 1. The van der Waals surface area contributed by atoms with Crippen molar-refractivity contribution in [1.82, 2.24) is 24.9 Å². The summed E-state index contributed by atoms with van der Waals surface area (Å²) in [6, 6.07) is 16.8. The molecule has 0 aliphatic carbocycles. The number of carbonyl (C=O) groups excluding carboxylic acids is 1. The summed E-state index contributed by atoms with van der Waals surface area (Å²) in [7, 11) is 0. The number of para-hydroxylation sites is 1. The lowest BCUT2D eigenvalue weighted by Crippen LogP contribution is -2.23. The van der Waals surface area contributed by atoms with E-state index in [1.165, 1.54) is 0 Å². The van der Waals surface area contributed by atoms with E-state index < -0.39 is 0 Å². The molecule has 6 heteroatoms. The van der Waals surface area contributed by atoms with E-state index in [1.54, 1.807) is 23.0 Å². The predicted octanol–water partition coefficient (Wildman–Crippen LogP) is 2.21. The van der Waals surface area contributed by atoms with Crippen LogP contribution in [-0.2, 0) is 6.54 Å². The minimum Gasteiger partial charge on any atom is -0.345 e. The molecule has 6 nitrogen and oxygen atoms in total. The van der Waals surface area contributed by atoms with Crippen LogP contribution in [0.5, 0.6) is 0 Å². The van der Waals surface area contributed by atoms with Gasteiger partial charge in [0, 0.05) is 10.9 Å². The van der Waals surface area contributed by atoms with Gasteiger partial charge >= 0.3 is 0 Å². The van der Waals surface area contributed by atoms with E-state index in [-0.39, 0.29) is 12.5 Å². The molecule has 0 saturated heterocycles. The van der Waals surface area contributed by atoms with Crippen LogP contribution in [0.1, 0.15) is 16.2 Å². The molecule has 2 aromatic carbocycles. The standard InChI is InChI=1S/C17H13N5O/c23-17(12-6-2-1-3-7-12)18-10-15-20-16-13-8-4-5-9-14(13)19-11-22(16)21-15/h1-9,11H,10H2,(H,18,23). The third kappa shape index (κ3) is 2.50. The van der Waals surface area contributed by atoms with Gasteiger partial charge in [0.1, 0.15) is 6.33 Å². The van der Waals surface area contributed by atoms with Crippen molar-refractivity contribution >= 4 is 22.5 Å². The van der Waals surface area contributed by atoms with Crippen LogP contribution in [0.25, 0.3) is 16.6 Å². The van der Waals surface area contributed by atoms with Crippen molar-refractivity contribution in [3.63, 3.8) is 0 Å². The number of rotatable bonds is 3. The molecule has 0 aliphatic heterocycles. The fraction of sp³-hybridized carbons (Fsp3) is 0.0588. The highest BCUT2D eigenvalue weighted by molar-refractivity contribution is 5.94. The summed E-state index contributed by atoms with van der Waals surface area (Å²) in [6.45, 7) is 0.268. The second-order valence-electron chi connectivity index (χ2n) is 5.11. The number of benzene rings is 2. The lowest BCUT2D eigenvalue weighted by atomic mass is 10.2. The molecule has 112 valence electrons. The Kier molecular flexibility index (Phi) is 3.20. The van der Waals surface area contributed by atoms with E-state index >= 15 is 0 Å². The van der Waals surface area contributed by atoms with Gasteiger partial charge in [-0.25, -0.2) is 14.5 Å². The third-order valence-electron chi connectivity index (χ3n) is 3.57. The molecular formula is C17H13N5O. The summed E-state index contributed by atoms with van der Waals surface area (Å²) < 4.78 is 1.63. The molecule has 0 fully saturated rings. The van der Waals surface area contributed by atoms with Gasteiger partial charge in [0.15, 0.2) is 11.5 Å². The second kappa shape index (κ2) is 5.49. The second-order valence-corrected chi connectivity index (χ2v) is 5.11. The molecule has 0 unspecified atom stereocenters. The molecule has 2 heterocycles. The Bertz CT molecular complexity index is 994. The first kappa shape index (κ1) is 13.4. The summed E-state index contributed by atoms with van der Waals surface area (Å²) in [5.74, 6) is 0.403. The minimum absolute atomic E-state index is 0.146. The first-order valence-electron chi connectivity index (χ1n) is 7.23. The highest BCUT2D eigenvalue weighted by Gasteiger charge is 2.10. The van der Waals surface area contributed by atoms with Crippen molar-refractivity contribution in [1.29, 1.82) is 0 Å². The zero-order valence-corrected chi connectivity index (χ0v) is 12.2. The smallest absolute Gasteiger partial charge is 0.251 e. The average Bonchev–Trinajstić information content (AvgIpc) is 3.04. The first-order chi connectivity index (χ1) is 11.3. The molecule has 1 amide bonds. The normalized spacial score (nSPS) is 11.0. The molecule has 0 saturated carbocycles. The summed E-state index contributed by atoms with van der Waals surface area (Å²) >= 11 is 0. The monoisotopic (exact) mass is 303 g/mol. The third-order valence-corrected chi connectivity index (χ3v) is 3.57. The Labute approximate surface area is 131 Å². The van der Waals surface area contributed by atoms with Crippen LogP contribution in [0.3, 0.4) is 0 Å². The predicted molar refractivity (Wildman–Crippen MR) is 85.9 cm³/mol. The van der Waals surface area contributed by atoms with Crippen molar-refractivity contribution < 1.29 is 4.79 Å². The van der Waals surface area contributed by atoms with Gasteiger partial charge in [-0.1, -0.05) is 30.3 Å². The summed E-state index contributed by atoms with van der Waals surface area (Å²) in [4.78, 5) is 20.9. The maximum atomic E-state index is 12.1. The number of hydrogen-bond donors (Lipinski definition) is 1. The highest BCUT2D eigenvalue weighted by atomic mass is 16.1. The molecule has 1 N–H and O–H groups in total. The van der Waals surface area contributed by atoms with Crippen molar-refractivity contribution in [3.05, 3.63) is 72.3 Å². The van der Waals surface area contributed by atoms with Crippen LogP contribution in [0.15, 0.2) is 60.9 Å². The number of aromatic nitrogens is 4. The maximum absolute atomic E-state index is 12.1. The van der Waals surface area contributed by atoms with Gasteiger partial charge in [-0.2, -0.15) is 0 Å². The van der Waals surface area contributed by atoms with E-state index in [0.29, 0.717) is 11.4 Å². The number of nitrogens with zero attached hydrogens (tertiary/aromatic N) is 4. The van der Waals surface area contributed by atoms with Gasteiger partial charge in [0.25, 0.3) is 5.91 Å². The number of carbonyl (C=O) groups is 1. The van der Waals surface area contributed by atoms with Crippen LogP contribution in [0.4, 0.5) is 0 Å². The number of nitrogens with one attached hydrogen (secondary N) is 1. The maximum Gasteiger partial charge on any atom is 0.251 e. The minimum atomic E-state index is -0.146. The summed E-state index contributed by atoms with van der Waals surface area (Å²) in [5.41, 5.74) is 2.22. The molecule has 2 aromatic heterocycles. The van der Waals surface area contributed by atoms with E-state index in [0.717, 1.165) is 16.6 Å². The van der Waals surface area contributed by atoms with E-state index in [1.807, 2.05) is 42.5 Å². The SMILES string of the molecule is O=C(NCc1nc2c3ccccc3ncn2n1)c1ccccc1. The molecule has 0 bridgehead atoms. The molecule has 23 heavy (non-hydrogen) atoms. The van der Waals surface area contributed by atoms with Crippen LogP contribution < -0.4 is 5.32 Å². The Balaban J connectivity index is 1.60. The van der Waals surface area contributed by atoms with Crippen LogP contribution >= 0.6 is 0 Å². The van der Waals surface area contributed by atoms with Crippen molar-refractivity contribution in [2.24, 2.45) is 0 Å². The zero-order chi connectivity index (χ0) is 15.6. The van der Waals surface area contributed by atoms with Crippen molar-refractivity contribution in [3.8, 4) is 0 Å². The van der Waals surface area contributed by atoms with E-state index in [2.05, 4.69) is 20.4 Å². The summed E-state index contributed by atoms with van der Waals surface area (Å²) in [6.07, 6.45) is 1.63. The van der Waals surface area contributed by atoms with Crippen molar-refractivity contribution in [2.45, 2.75) is 6.54 Å². The molecule has 0 spiro atoms. The molecule has 0 atom stereocenters. The number of fused-ring (bicyclic) bond motifs is 3. The largest absolute Gasteiger partial charge is 0.345 e. The molecular weight excluding hydrogens is 290 g/mol. The fourth-order valence-corrected chi connectivity index (χ4v) is 2.45. The summed E-state index contributed by atoms with van der Waals surface area (Å²) in [5, 5.41) is 8.12. The Morgan fingerprint density at radius 3 is 2.70 bits per heavy atom. The van der Waals surface area contributed by atoms with E-state index in [9.17, 15) is 4.79 Å². The highest BCUT2D eigenvalue weighted by Crippen LogP contribution is 2.15. The van der Waals surface area contributed by atoms with Crippen LogP contribution in [0.2, 0.25) is 0 Å². The van der Waals surface area contributed by atoms with Gasteiger partial charge in [0.05, 0.1) is 12.1 Å². The number of hydrogen-bond acceptors (Lipinski definition) is 4.